The average molecular weight is 405 g/mol. The maximum atomic E-state index is 13.0. The number of amides is 1. The van der Waals surface area contributed by atoms with Crippen molar-refractivity contribution in [3.05, 3.63) is 36.5 Å². The summed E-state index contributed by atoms with van der Waals surface area (Å²) < 4.78 is 40.4. The molecule has 1 fully saturated rings. The fourth-order valence-corrected chi connectivity index (χ4v) is 3.45. The first-order valence-corrected chi connectivity index (χ1v) is 9.07. The van der Waals surface area contributed by atoms with E-state index in [-0.39, 0.29) is 23.3 Å². The predicted octanol–water partition coefficient (Wildman–Crippen LogP) is 2.17. The van der Waals surface area contributed by atoms with E-state index in [1.54, 1.807) is 19.3 Å². The molecule has 29 heavy (non-hydrogen) atoms. The molecule has 0 bridgehead atoms. The molecule has 0 unspecified atom stereocenters. The van der Waals surface area contributed by atoms with E-state index in [1.807, 2.05) is 4.90 Å². The molecule has 1 aliphatic rings. The third-order valence-electron chi connectivity index (χ3n) is 4.92. The normalized spacial score (nSPS) is 17.5. The first-order valence-electron chi connectivity index (χ1n) is 9.07. The number of rotatable bonds is 3. The summed E-state index contributed by atoms with van der Waals surface area (Å²) in [5.74, 6) is 0.710. The van der Waals surface area contributed by atoms with E-state index in [0.29, 0.717) is 18.1 Å². The molecule has 0 spiro atoms. The molecule has 0 saturated carbocycles. The highest BCUT2D eigenvalue weighted by Gasteiger charge is 2.33. The molecule has 8 nitrogen and oxygen atoms in total. The van der Waals surface area contributed by atoms with Crippen LogP contribution in [0.1, 0.15) is 18.5 Å². The summed E-state index contributed by atoms with van der Waals surface area (Å²) in [6.07, 6.45) is 1.99. The van der Waals surface area contributed by atoms with Gasteiger partial charge in [-0.1, -0.05) is 0 Å². The van der Waals surface area contributed by atoms with Crippen molar-refractivity contribution in [3.8, 4) is 11.5 Å². The molecule has 3 aromatic rings. The van der Waals surface area contributed by atoms with Crippen molar-refractivity contribution in [3.63, 3.8) is 0 Å². The number of alkyl halides is 3. The van der Waals surface area contributed by atoms with Crippen LogP contribution in [-0.2, 0) is 11.0 Å². The average Bonchev–Trinajstić information content (AvgIpc) is 3.16. The lowest BCUT2D eigenvalue weighted by molar-refractivity contribution is -0.141. The van der Waals surface area contributed by atoms with Gasteiger partial charge in [0.1, 0.15) is 11.5 Å². The van der Waals surface area contributed by atoms with E-state index in [4.69, 9.17) is 0 Å². The van der Waals surface area contributed by atoms with Crippen LogP contribution in [0.15, 0.2) is 30.9 Å². The first-order chi connectivity index (χ1) is 13.9. The fourth-order valence-electron chi connectivity index (χ4n) is 3.45. The lowest BCUT2D eigenvalue weighted by Crippen LogP contribution is -2.42. The lowest BCUT2D eigenvalue weighted by atomic mass is 9.97. The van der Waals surface area contributed by atoms with Gasteiger partial charge in [-0.25, -0.2) is 19.9 Å². The summed E-state index contributed by atoms with van der Waals surface area (Å²) in [4.78, 5) is 30.2. The van der Waals surface area contributed by atoms with Gasteiger partial charge in [0.2, 0.25) is 5.91 Å². The molecule has 11 heteroatoms. The van der Waals surface area contributed by atoms with Crippen LogP contribution in [0.25, 0.3) is 17.2 Å². The van der Waals surface area contributed by atoms with Gasteiger partial charge in [0.25, 0.3) is 0 Å². The van der Waals surface area contributed by atoms with Crippen LogP contribution in [0.5, 0.6) is 0 Å². The molecule has 1 amide bonds. The molecule has 4 heterocycles. The Morgan fingerprint density at radius 2 is 2.07 bits per heavy atom. The molecule has 1 N–H and O–H groups in total. The molecular formula is C18H18F3N7O. The molecule has 0 aromatic carbocycles. The number of hydrogen-bond donors (Lipinski definition) is 1. The van der Waals surface area contributed by atoms with E-state index < -0.39 is 11.9 Å². The van der Waals surface area contributed by atoms with Gasteiger partial charge in [-0.3, -0.25) is 9.20 Å². The molecule has 1 atom stereocenters. The number of fused-ring (bicyclic) bond motifs is 1. The molecule has 4 rings (SSSR count). The number of imidazole rings is 1. The van der Waals surface area contributed by atoms with Crippen molar-refractivity contribution in [2.75, 3.05) is 25.0 Å². The highest BCUT2D eigenvalue weighted by Crippen LogP contribution is 2.29. The van der Waals surface area contributed by atoms with Crippen LogP contribution in [-0.4, -0.2) is 50.4 Å². The molecular weight excluding hydrogens is 387 g/mol. The van der Waals surface area contributed by atoms with Crippen molar-refractivity contribution >= 4 is 17.4 Å². The Labute approximate surface area is 163 Å². The zero-order valence-electron chi connectivity index (χ0n) is 15.5. The Hall–Kier alpha value is -3.24. The van der Waals surface area contributed by atoms with Gasteiger partial charge in [-0.15, -0.1) is 0 Å². The number of piperidine rings is 1. The Morgan fingerprint density at radius 1 is 1.24 bits per heavy atom. The summed E-state index contributed by atoms with van der Waals surface area (Å²) in [6.45, 7) is 1.25. The number of nitrogens with one attached hydrogen (secondary N) is 1. The van der Waals surface area contributed by atoms with E-state index >= 15 is 0 Å². The minimum atomic E-state index is -4.57. The van der Waals surface area contributed by atoms with Crippen LogP contribution in [0.4, 0.5) is 19.0 Å². The second-order valence-corrected chi connectivity index (χ2v) is 6.78. The minimum Gasteiger partial charge on any atom is -0.359 e. The highest BCUT2D eigenvalue weighted by molar-refractivity contribution is 5.79. The molecule has 3 aromatic heterocycles. The summed E-state index contributed by atoms with van der Waals surface area (Å²) in [6, 6.07) is 1.72. The zero-order valence-corrected chi connectivity index (χ0v) is 15.5. The Balaban J connectivity index is 1.68. The Morgan fingerprint density at radius 3 is 2.83 bits per heavy atom. The van der Waals surface area contributed by atoms with E-state index in [1.165, 1.54) is 10.6 Å². The lowest BCUT2D eigenvalue weighted by Gasteiger charge is -2.32. The number of nitrogens with zero attached hydrogens (tertiary/aromatic N) is 6. The summed E-state index contributed by atoms with van der Waals surface area (Å²) in [5, 5.41) is 2.67. The van der Waals surface area contributed by atoms with Gasteiger partial charge < -0.3 is 10.2 Å². The van der Waals surface area contributed by atoms with Crippen LogP contribution in [0.2, 0.25) is 0 Å². The summed E-state index contributed by atoms with van der Waals surface area (Å²) >= 11 is 0. The molecule has 1 saturated heterocycles. The zero-order chi connectivity index (χ0) is 20.6. The van der Waals surface area contributed by atoms with Crippen molar-refractivity contribution in [1.29, 1.82) is 0 Å². The summed E-state index contributed by atoms with van der Waals surface area (Å²) in [5.41, 5.74) is -0.431. The third kappa shape index (κ3) is 3.71. The van der Waals surface area contributed by atoms with Crippen molar-refractivity contribution < 1.29 is 18.0 Å². The van der Waals surface area contributed by atoms with E-state index in [9.17, 15) is 18.0 Å². The Bertz CT molecular complexity index is 1050. The SMILES string of the molecule is CNC(=O)[C@@H]1CCCN(c2ccnc(-c3cnc4cnc(C(F)(F)F)cn34)n2)C1. The smallest absolute Gasteiger partial charge is 0.359 e. The van der Waals surface area contributed by atoms with Gasteiger partial charge in [0.15, 0.2) is 17.2 Å². The quantitative estimate of drug-likeness (QED) is 0.719. The van der Waals surface area contributed by atoms with Crippen LogP contribution in [0.3, 0.4) is 0 Å². The standard InChI is InChI=1S/C18H18F3N7O/c1-22-17(29)11-3-2-6-27(9-11)14-4-5-23-16(26-14)12-7-25-15-8-24-13(10-28(12)15)18(19,20)21/h4-5,7-8,10-11H,2-3,6,9H2,1H3,(H,22,29)/t11-/m1/s1. The number of hydrogen-bond acceptors (Lipinski definition) is 6. The predicted molar refractivity (Wildman–Crippen MR) is 98.0 cm³/mol. The van der Waals surface area contributed by atoms with Crippen molar-refractivity contribution in [2.24, 2.45) is 5.92 Å². The third-order valence-corrected chi connectivity index (χ3v) is 4.92. The van der Waals surface area contributed by atoms with Gasteiger partial charge in [0.05, 0.1) is 18.3 Å². The summed E-state index contributed by atoms with van der Waals surface area (Å²) in [7, 11) is 1.61. The fraction of sp³-hybridized carbons (Fsp3) is 0.389. The van der Waals surface area contributed by atoms with Crippen LogP contribution < -0.4 is 10.2 Å². The topological polar surface area (TPSA) is 88.3 Å². The molecule has 1 aliphatic heterocycles. The molecule has 0 radical (unpaired) electrons. The number of anilines is 1. The van der Waals surface area contributed by atoms with E-state index in [0.717, 1.165) is 31.8 Å². The van der Waals surface area contributed by atoms with Gasteiger partial charge in [-0.2, -0.15) is 13.2 Å². The van der Waals surface area contributed by atoms with Gasteiger partial charge in [-0.05, 0) is 18.9 Å². The second kappa shape index (κ2) is 7.30. The van der Waals surface area contributed by atoms with E-state index in [2.05, 4.69) is 25.3 Å². The Kier molecular flexibility index (Phi) is 4.81. The number of carbonyl (C=O) groups excluding carboxylic acids is 1. The van der Waals surface area contributed by atoms with Gasteiger partial charge >= 0.3 is 6.18 Å². The molecule has 152 valence electrons. The monoisotopic (exact) mass is 405 g/mol. The van der Waals surface area contributed by atoms with Crippen molar-refractivity contribution in [2.45, 2.75) is 19.0 Å². The second-order valence-electron chi connectivity index (χ2n) is 6.78. The van der Waals surface area contributed by atoms with Gasteiger partial charge in [0, 0.05) is 32.5 Å². The number of aromatic nitrogens is 5. The largest absolute Gasteiger partial charge is 0.434 e. The van der Waals surface area contributed by atoms with Crippen LogP contribution >= 0.6 is 0 Å². The maximum absolute atomic E-state index is 13.0. The van der Waals surface area contributed by atoms with Crippen molar-refractivity contribution in [1.82, 2.24) is 29.7 Å². The molecule has 0 aliphatic carbocycles. The maximum Gasteiger partial charge on any atom is 0.434 e. The number of halogens is 3. The highest BCUT2D eigenvalue weighted by atomic mass is 19.4. The first kappa shape index (κ1) is 19.1. The number of carbonyl (C=O) groups is 1. The minimum absolute atomic E-state index is 0.0158. The van der Waals surface area contributed by atoms with Crippen LogP contribution in [0, 0.1) is 5.92 Å².